The van der Waals surface area contributed by atoms with Crippen molar-refractivity contribution < 1.29 is 9.53 Å². The van der Waals surface area contributed by atoms with E-state index in [1.807, 2.05) is 61.7 Å². The van der Waals surface area contributed by atoms with Crippen LogP contribution in [0, 0.1) is 6.92 Å². The largest absolute Gasteiger partial charge is 0.489 e. The smallest absolute Gasteiger partial charge is 0.257 e. The van der Waals surface area contributed by atoms with Gasteiger partial charge in [0, 0.05) is 11.1 Å². The fourth-order valence-corrected chi connectivity index (χ4v) is 3.94. The SMILES string of the molecule is CSc1sc(NC(=O)c2ccccc2COc2ccccc2)nc1C. The molecule has 0 radical (unpaired) electrons. The van der Waals surface area contributed by atoms with E-state index in [2.05, 4.69) is 10.3 Å². The Morgan fingerprint density at radius 1 is 1.16 bits per heavy atom. The Hall–Kier alpha value is -2.31. The number of nitrogens with one attached hydrogen (secondary N) is 1. The highest BCUT2D eigenvalue weighted by atomic mass is 32.2. The van der Waals surface area contributed by atoms with Gasteiger partial charge in [-0.15, -0.1) is 11.8 Å². The van der Waals surface area contributed by atoms with E-state index in [1.54, 1.807) is 17.8 Å². The fourth-order valence-electron chi connectivity index (χ4n) is 2.34. The third-order valence-corrected chi connectivity index (χ3v) is 5.84. The number of rotatable bonds is 6. The van der Waals surface area contributed by atoms with E-state index in [-0.39, 0.29) is 5.91 Å². The Labute approximate surface area is 155 Å². The summed E-state index contributed by atoms with van der Waals surface area (Å²) in [5.41, 5.74) is 2.37. The second-order valence-electron chi connectivity index (χ2n) is 5.31. The average molecular weight is 370 g/mol. The van der Waals surface area contributed by atoms with E-state index in [0.717, 1.165) is 21.2 Å². The summed E-state index contributed by atoms with van der Waals surface area (Å²) in [6.07, 6.45) is 2.00. The van der Waals surface area contributed by atoms with Gasteiger partial charge in [0.25, 0.3) is 5.91 Å². The normalized spacial score (nSPS) is 10.5. The highest BCUT2D eigenvalue weighted by molar-refractivity contribution is 8.00. The molecule has 0 unspecified atom stereocenters. The molecule has 0 saturated carbocycles. The van der Waals surface area contributed by atoms with Crippen LogP contribution in [0.2, 0.25) is 0 Å². The lowest BCUT2D eigenvalue weighted by atomic mass is 10.1. The summed E-state index contributed by atoms with van der Waals surface area (Å²) in [5.74, 6) is 0.603. The first-order valence-electron chi connectivity index (χ1n) is 7.76. The van der Waals surface area contributed by atoms with Gasteiger partial charge in [0.2, 0.25) is 0 Å². The number of para-hydroxylation sites is 1. The second kappa shape index (κ2) is 8.18. The highest BCUT2D eigenvalue weighted by Gasteiger charge is 2.14. The van der Waals surface area contributed by atoms with Gasteiger partial charge in [-0.3, -0.25) is 10.1 Å². The second-order valence-corrected chi connectivity index (χ2v) is 7.38. The van der Waals surface area contributed by atoms with Crippen molar-refractivity contribution in [3.8, 4) is 5.75 Å². The van der Waals surface area contributed by atoms with Crippen LogP contribution >= 0.6 is 23.1 Å². The Balaban J connectivity index is 1.73. The molecule has 1 amide bonds. The number of thiazole rings is 1. The topological polar surface area (TPSA) is 51.2 Å². The number of nitrogens with zero attached hydrogens (tertiary/aromatic N) is 1. The number of carbonyl (C=O) groups excluding carboxylic acids is 1. The number of ether oxygens (including phenoxy) is 1. The molecule has 0 atom stereocenters. The standard InChI is InChI=1S/C19H18N2O2S2/c1-13-18(24-2)25-19(20-13)21-17(22)16-11-7-6-8-14(16)12-23-15-9-4-3-5-10-15/h3-11H,12H2,1-2H3,(H,20,21,22). The van der Waals surface area contributed by atoms with Gasteiger partial charge in [0.15, 0.2) is 5.13 Å². The van der Waals surface area contributed by atoms with Gasteiger partial charge < -0.3 is 4.74 Å². The molecular weight excluding hydrogens is 352 g/mol. The molecular formula is C19H18N2O2S2. The van der Waals surface area contributed by atoms with E-state index >= 15 is 0 Å². The van der Waals surface area contributed by atoms with Crippen molar-refractivity contribution in [2.75, 3.05) is 11.6 Å². The van der Waals surface area contributed by atoms with Gasteiger partial charge in [-0.05, 0) is 31.4 Å². The zero-order valence-electron chi connectivity index (χ0n) is 14.0. The van der Waals surface area contributed by atoms with E-state index in [1.165, 1.54) is 11.3 Å². The van der Waals surface area contributed by atoms with E-state index in [0.29, 0.717) is 17.3 Å². The van der Waals surface area contributed by atoms with Gasteiger partial charge >= 0.3 is 0 Å². The third kappa shape index (κ3) is 4.41. The number of carbonyl (C=O) groups is 1. The zero-order chi connectivity index (χ0) is 17.6. The molecule has 6 heteroatoms. The molecule has 1 heterocycles. The molecule has 1 aromatic heterocycles. The summed E-state index contributed by atoms with van der Waals surface area (Å²) in [6, 6.07) is 17.0. The maximum absolute atomic E-state index is 12.6. The van der Waals surface area contributed by atoms with E-state index < -0.39 is 0 Å². The van der Waals surface area contributed by atoms with Crippen LogP contribution in [-0.4, -0.2) is 17.1 Å². The van der Waals surface area contributed by atoms with E-state index in [4.69, 9.17) is 4.74 Å². The fraction of sp³-hybridized carbons (Fsp3) is 0.158. The van der Waals surface area contributed by atoms with Crippen molar-refractivity contribution in [1.29, 1.82) is 0 Å². The Bertz CT molecular complexity index is 863. The molecule has 0 spiro atoms. The minimum atomic E-state index is -0.173. The van der Waals surface area contributed by atoms with Gasteiger partial charge in [0.1, 0.15) is 12.4 Å². The summed E-state index contributed by atoms with van der Waals surface area (Å²) in [4.78, 5) is 17.1. The maximum atomic E-state index is 12.6. The summed E-state index contributed by atoms with van der Waals surface area (Å²) < 4.78 is 6.88. The zero-order valence-corrected chi connectivity index (χ0v) is 15.6. The van der Waals surface area contributed by atoms with Crippen molar-refractivity contribution in [2.24, 2.45) is 0 Å². The number of aryl methyl sites for hydroxylation is 1. The molecule has 0 aliphatic rings. The number of hydrogen-bond acceptors (Lipinski definition) is 5. The predicted molar refractivity (Wildman–Crippen MR) is 104 cm³/mol. The number of benzene rings is 2. The van der Waals surface area contributed by atoms with Crippen molar-refractivity contribution in [1.82, 2.24) is 4.98 Å². The lowest BCUT2D eigenvalue weighted by Gasteiger charge is -2.10. The minimum Gasteiger partial charge on any atom is -0.489 e. The van der Waals surface area contributed by atoms with Crippen molar-refractivity contribution in [3.63, 3.8) is 0 Å². The molecule has 2 aromatic carbocycles. The first kappa shape index (κ1) is 17.5. The molecule has 3 rings (SSSR count). The molecule has 0 fully saturated rings. The number of aromatic nitrogens is 1. The lowest BCUT2D eigenvalue weighted by Crippen LogP contribution is -2.15. The van der Waals surface area contributed by atoms with Crippen LogP contribution in [0.15, 0.2) is 58.8 Å². The van der Waals surface area contributed by atoms with Crippen LogP contribution in [0.4, 0.5) is 5.13 Å². The molecule has 4 nitrogen and oxygen atoms in total. The predicted octanol–water partition coefficient (Wildman–Crippen LogP) is 5.00. The molecule has 1 N–H and O–H groups in total. The summed E-state index contributed by atoms with van der Waals surface area (Å²) in [7, 11) is 0. The maximum Gasteiger partial charge on any atom is 0.257 e. The number of hydrogen-bond donors (Lipinski definition) is 1. The number of amides is 1. The van der Waals surface area contributed by atoms with Crippen LogP contribution < -0.4 is 10.1 Å². The van der Waals surface area contributed by atoms with Gasteiger partial charge in [-0.2, -0.15) is 0 Å². The van der Waals surface area contributed by atoms with Gasteiger partial charge in [0.05, 0.1) is 9.90 Å². The highest BCUT2D eigenvalue weighted by Crippen LogP contribution is 2.30. The van der Waals surface area contributed by atoms with Crippen molar-refractivity contribution in [3.05, 3.63) is 71.4 Å². The van der Waals surface area contributed by atoms with Crippen LogP contribution in [0.5, 0.6) is 5.75 Å². The summed E-state index contributed by atoms with van der Waals surface area (Å²) >= 11 is 3.12. The molecule has 25 heavy (non-hydrogen) atoms. The molecule has 0 bridgehead atoms. The Morgan fingerprint density at radius 2 is 1.88 bits per heavy atom. The minimum absolute atomic E-state index is 0.173. The molecule has 0 aliphatic carbocycles. The molecule has 128 valence electrons. The van der Waals surface area contributed by atoms with Gasteiger partial charge in [-0.25, -0.2) is 4.98 Å². The summed E-state index contributed by atoms with van der Waals surface area (Å²) in [5, 5.41) is 3.51. The molecule has 3 aromatic rings. The van der Waals surface area contributed by atoms with Crippen LogP contribution in [-0.2, 0) is 6.61 Å². The van der Waals surface area contributed by atoms with Crippen LogP contribution in [0.3, 0.4) is 0 Å². The molecule has 0 saturated heterocycles. The van der Waals surface area contributed by atoms with Crippen molar-refractivity contribution >= 4 is 34.1 Å². The Morgan fingerprint density at radius 3 is 2.60 bits per heavy atom. The van der Waals surface area contributed by atoms with Crippen LogP contribution in [0.25, 0.3) is 0 Å². The lowest BCUT2D eigenvalue weighted by molar-refractivity contribution is 0.102. The third-order valence-electron chi connectivity index (χ3n) is 3.56. The summed E-state index contributed by atoms with van der Waals surface area (Å²) in [6.45, 7) is 2.28. The monoisotopic (exact) mass is 370 g/mol. The Kier molecular flexibility index (Phi) is 5.73. The van der Waals surface area contributed by atoms with E-state index in [9.17, 15) is 4.79 Å². The van der Waals surface area contributed by atoms with Crippen molar-refractivity contribution in [2.45, 2.75) is 17.7 Å². The first-order valence-corrected chi connectivity index (χ1v) is 9.80. The molecule has 0 aliphatic heterocycles. The quantitative estimate of drug-likeness (QED) is 0.620. The number of anilines is 1. The first-order chi connectivity index (χ1) is 12.2. The average Bonchev–Trinajstić information content (AvgIpc) is 3.00. The number of thioether (sulfide) groups is 1. The van der Waals surface area contributed by atoms with Crippen LogP contribution in [0.1, 0.15) is 21.6 Å². The van der Waals surface area contributed by atoms with Gasteiger partial charge in [-0.1, -0.05) is 47.7 Å².